The summed E-state index contributed by atoms with van der Waals surface area (Å²) in [4.78, 5) is 40.8. The van der Waals surface area contributed by atoms with Gasteiger partial charge >= 0.3 is 12.0 Å². The van der Waals surface area contributed by atoms with Crippen molar-refractivity contribution in [3.05, 3.63) is 41.1 Å². The van der Waals surface area contributed by atoms with Crippen LogP contribution in [0, 0.1) is 0 Å². The molecule has 1 aromatic carbocycles. The van der Waals surface area contributed by atoms with Gasteiger partial charge in [0.1, 0.15) is 18.9 Å². The molecule has 1 N–H and O–H groups in total. The van der Waals surface area contributed by atoms with E-state index in [0.717, 1.165) is 0 Å². The van der Waals surface area contributed by atoms with E-state index in [2.05, 4.69) is 5.32 Å². The third-order valence-electron chi connectivity index (χ3n) is 5.11. The van der Waals surface area contributed by atoms with E-state index in [-0.39, 0.29) is 19.1 Å². The maximum absolute atomic E-state index is 12.8. The third kappa shape index (κ3) is 3.18. The summed E-state index contributed by atoms with van der Waals surface area (Å²) in [5, 5.41) is 2.82. The van der Waals surface area contributed by atoms with Crippen LogP contribution in [-0.2, 0) is 19.1 Å². The highest BCUT2D eigenvalue weighted by molar-refractivity contribution is 5.98. The van der Waals surface area contributed by atoms with Gasteiger partial charge in [-0.2, -0.15) is 0 Å². The third-order valence-corrected chi connectivity index (χ3v) is 5.11. The molecule has 28 heavy (non-hydrogen) atoms. The number of ether oxygens (including phenoxy) is 3. The summed E-state index contributed by atoms with van der Waals surface area (Å²) in [6.07, 6.45) is 0. The quantitative estimate of drug-likeness (QED) is 0.753. The van der Waals surface area contributed by atoms with Crippen LogP contribution < -0.4 is 10.1 Å². The number of methoxy groups -OCH3 is 1. The van der Waals surface area contributed by atoms with Gasteiger partial charge in [-0.3, -0.25) is 9.69 Å². The molecule has 3 amide bonds. The molecule has 148 valence electrons. The van der Waals surface area contributed by atoms with Crippen LogP contribution in [0.3, 0.4) is 0 Å². The van der Waals surface area contributed by atoms with Gasteiger partial charge in [0.05, 0.1) is 37.6 Å². The Morgan fingerprint density at radius 3 is 2.75 bits per heavy atom. The van der Waals surface area contributed by atoms with Crippen molar-refractivity contribution < 1.29 is 28.6 Å². The molecule has 4 rings (SSSR count). The Labute approximate surface area is 161 Å². The molecule has 1 saturated heterocycles. The van der Waals surface area contributed by atoms with Gasteiger partial charge in [-0.1, -0.05) is 18.2 Å². The number of carbonyl (C=O) groups excluding carboxylic acids is 3. The molecule has 3 heterocycles. The van der Waals surface area contributed by atoms with Gasteiger partial charge in [0, 0.05) is 18.7 Å². The van der Waals surface area contributed by atoms with Crippen molar-refractivity contribution in [1.82, 2.24) is 15.1 Å². The minimum atomic E-state index is -0.691. The Balaban J connectivity index is 1.65. The van der Waals surface area contributed by atoms with Crippen LogP contribution >= 0.6 is 0 Å². The number of benzene rings is 1. The lowest BCUT2D eigenvalue weighted by Gasteiger charge is -2.35. The molecule has 1 atom stereocenters. The Kier molecular flexibility index (Phi) is 4.91. The standard InChI is InChI=1S/C19H21N3O6/c1-26-14-5-3-2-4-12(14)17-16-13(11-28-18(16)24)22(19(25)20-17)10-15(23)21-6-8-27-9-7-21/h2-5,17H,6-11H2,1H3,(H,20,25)/t17-/m0/s1. The fourth-order valence-electron chi connectivity index (χ4n) is 3.66. The molecule has 0 aliphatic carbocycles. The molecular formula is C19H21N3O6. The lowest BCUT2D eigenvalue weighted by atomic mass is 9.95. The topological polar surface area (TPSA) is 97.4 Å². The number of cyclic esters (lactones) is 1. The molecule has 0 radical (unpaired) electrons. The summed E-state index contributed by atoms with van der Waals surface area (Å²) in [5.74, 6) is -0.146. The summed E-state index contributed by atoms with van der Waals surface area (Å²) in [7, 11) is 1.53. The van der Waals surface area contributed by atoms with Crippen LogP contribution in [0.5, 0.6) is 5.75 Å². The number of rotatable bonds is 4. The minimum absolute atomic E-state index is 0.0381. The number of para-hydroxylation sites is 1. The van der Waals surface area contributed by atoms with Crippen LogP contribution in [0.4, 0.5) is 4.79 Å². The zero-order valence-electron chi connectivity index (χ0n) is 15.5. The largest absolute Gasteiger partial charge is 0.496 e. The van der Waals surface area contributed by atoms with Gasteiger partial charge in [0.15, 0.2) is 0 Å². The summed E-state index contributed by atoms with van der Waals surface area (Å²) in [6, 6.07) is 6.02. The second-order valence-electron chi connectivity index (χ2n) is 6.64. The van der Waals surface area contributed by atoms with Crippen LogP contribution in [0.25, 0.3) is 0 Å². The predicted molar refractivity (Wildman–Crippen MR) is 96.4 cm³/mol. The molecule has 3 aliphatic rings. The summed E-state index contributed by atoms with van der Waals surface area (Å²) < 4.78 is 15.8. The molecule has 0 bridgehead atoms. The first kappa shape index (κ1) is 18.3. The smallest absolute Gasteiger partial charge is 0.338 e. The second-order valence-corrected chi connectivity index (χ2v) is 6.64. The fourth-order valence-corrected chi connectivity index (χ4v) is 3.66. The number of urea groups is 1. The first-order valence-electron chi connectivity index (χ1n) is 9.06. The van der Waals surface area contributed by atoms with Crippen molar-refractivity contribution in [2.45, 2.75) is 6.04 Å². The highest BCUT2D eigenvalue weighted by atomic mass is 16.5. The predicted octanol–water partition coefficient (Wildman–Crippen LogP) is 0.431. The molecular weight excluding hydrogens is 366 g/mol. The van der Waals surface area contributed by atoms with Crippen molar-refractivity contribution in [3.8, 4) is 5.75 Å². The Hall–Kier alpha value is -3.07. The van der Waals surface area contributed by atoms with E-state index in [1.165, 1.54) is 12.0 Å². The van der Waals surface area contributed by atoms with E-state index >= 15 is 0 Å². The lowest BCUT2D eigenvalue weighted by Crippen LogP contribution is -2.52. The van der Waals surface area contributed by atoms with Gasteiger partial charge in [0.25, 0.3) is 0 Å². The molecule has 9 nitrogen and oxygen atoms in total. The number of morpholine rings is 1. The van der Waals surface area contributed by atoms with Crippen LogP contribution in [0.1, 0.15) is 11.6 Å². The van der Waals surface area contributed by atoms with Gasteiger partial charge in [-0.15, -0.1) is 0 Å². The van der Waals surface area contributed by atoms with Crippen molar-refractivity contribution in [3.63, 3.8) is 0 Å². The summed E-state index contributed by atoms with van der Waals surface area (Å²) in [6.45, 7) is 1.73. The summed E-state index contributed by atoms with van der Waals surface area (Å²) >= 11 is 0. The first-order chi connectivity index (χ1) is 13.6. The van der Waals surface area contributed by atoms with Crippen LogP contribution in [0.15, 0.2) is 35.5 Å². The van der Waals surface area contributed by atoms with E-state index in [4.69, 9.17) is 14.2 Å². The monoisotopic (exact) mass is 387 g/mol. The maximum atomic E-state index is 12.8. The Bertz CT molecular complexity index is 846. The number of carbonyl (C=O) groups is 3. The Morgan fingerprint density at radius 1 is 1.25 bits per heavy atom. The number of nitrogens with zero attached hydrogens (tertiary/aromatic N) is 2. The number of esters is 1. The van der Waals surface area contributed by atoms with Crippen molar-refractivity contribution in [1.29, 1.82) is 0 Å². The van der Waals surface area contributed by atoms with Crippen molar-refractivity contribution in [2.24, 2.45) is 0 Å². The van der Waals surface area contributed by atoms with E-state index in [9.17, 15) is 14.4 Å². The molecule has 1 aromatic rings. The molecule has 0 aromatic heterocycles. The minimum Gasteiger partial charge on any atom is -0.496 e. The normalized spacial score (nSPS) is 22.0. The number of nitrogens with one attached hydrogen (secondary N) is 1. The molecule has 0 saturated carbocycles. The summed E-state index contributed by atoms with van der Waals surface area (Å²) in [5.41, 5.74) is 1.41. The van der Waals surface area contributed by atoms with Crippen molar-refractivity contribution in [2.75, 3.05) is 46.6 Å². The van der Waals surface area contributed by atoms with Gasteiger partial charge < -0.3 is 24.4 Å². The zero-order chi connectivity index (χ0) is 19.7. The number of hydrogen-bond donors (Lipinski definition) is 1. The SMILES string of the molecule is COc1ccccc1[C@@H]1NC(=O)N(CC(=O)N2CCOCC2)C2=C1C(=O)OC2. The molecule has 9 heteroatoms. The maximum Gasteiger partial charge on any atom is 0.338 e. The van der Waals surface area contributed by atoms with Gasteiger partial charge in [-0.25, -0.2) is 9.59 Å². The average Bonchev–Trinajstić information content (AvgIpc) is 3.12. The van der Waals surface area contributed by atoms with Crippen LogP contribution in [-0.4, -0.2) is 74.3 Å². The van der Waals surface area contributed by atoms with Crippen LogP contribution in [0.2, 0.25) is 0 Å². The Morgan fingerprint density at radius 2 is 2.00 bits per heavy atom. The molecule has 3 aliphatic heterocycles. The average molecular weight is 387 g/mol. The van der Waals surface area contributed by atoms with Crippen molar-refractivity contribution >= 4 is 17.9 Å². The molecule has 0 spiro atoms. The molecule has 0 unspecified atom stereocenters. The van der Waals surface area contributed by atoms with E-state index in [1.54, 1.807) is 23.1 Å². The highest BCUT2D eigenvalue weighted by Crippen LogP contribution is 2.38. The molecule has 1 fully saturated rings. The number of amides is 3. The highest BCUT2D eigenvalue weighted by Gasteiger charge is 2.43. The van der Waals surface area contributed by atoms with E-state index in [1.807, 2.05) is 6.07 Å². The lowest BCUT2D eigenvalue weighted by molar-refractivity contribution is -0.136. The van der Waals surface area contributed by atoms with Gasteiger partial charge in [0.2, 0.25) is 5.91 Å². The van der Waals surface area contributed by atoms with E-state index < -0.39 is 18.0 Å². The second kappa shape index (κ2) is 7.51. The van der Waals surface area contributed by atoms with Gasteiger partial charge in [-0.05, 0) is 6.07 Å². The first-order valence-corrected chi connectivity index (χ1v) is 9.06. The zero-order valence-corrected chi connectivity index (χ0v) is 15.5. The van der Waals surface area contributed by atoms with E-state index in [0.29, 0.717) is 48.9 Å². The fraction of sp³-hybridized carbons (Fsp3) is 0.421. The number of hydrogen-bond acceptors (Lipinski definition) is 6.